The number of para-hydroxylation sites is 1. The van der Waals surface area contributed by atoms with Crippen LogP contribution >= 0.6 is 24.2 Å². The fraction of sp³-hybridized carbons (Fsp3) is 0.476. The summed E-state index contributed by atoms with van der Waals surface area (Å²) < 4.78 is 0. The minimum Gasteiger partial charge on any atom is -0.480 e. The topological polar surface area (TPSA) is 137 Å². The second-order valence-electron chi connectivity index (χ2n) is 7.58. The van der Waals surface area contributed by atoms with Gasteiger partial charge in [-0.1, -0.05) is 32.0 Å². The van der Waals surface area contributed by atoms with E-state index in [1.165, 1.54) is 0 Å². The number of halogens is 1. The normalized spacial score (nSPS) is 13.8. The number of hydrogen-bond acceptors (Lipinski definition) is 5. The fourth-order valence-corrected chi connectivity index (χ4v) is 3.64. The molecule has 0 saturated carbocycles. The summed E-state index contributed by atoms with van der Waals surface area (Å²) in [6.07, 6.45) is 4.29. The van der Waals surface area contributed by atoms with Gasteiger partial charge in [0.15, 0.2) is 0 Å². The van der Waals surface area contributed by atoms with Crippen LogP contribution in [-0.4, -0.2) is 58.0 Å². The minimum atomic E-state index is -1.14. The Bertz CT molecular complexity index is 889. The van der Waals surface area contributed by atoms with E-state index in [0.29, 0.717) is 6.42 Å². The maximum absolute atomic E-state index is 12.8. The van der Waals surface area contributed by atoms with Gasteiger partial charge in [-0.05, 0) is 36.0 Å². The highest BCUT2D eigenvalue weighted by Gasteiger charge is 2.30. The smallest absolute Gasteiger partial charge is 0.326 e. The Hall–Kier alpha value is -2.23. The molecule has 1 heterocycles. The maximum atomic E-state index is 12.8. The van der Waals surface area contributed by atoms with Crippen LogP contribution < -0.4 is 16.4 Å². The Kier molecular flexibility index (Phi) is 10.9. The van der Waals surface area contributed by atoms with Crippen molar-refractivity contribution in [2.45, 2.75) is 44.8 Å². The lowest BCUT2D eigenvalue weighted by atomic mass is 10.0. The van der Waals surface area contributed by atoms with Crippen LogP contribution in [0.2, 0.25) is 0 Å². The quantitative estimate of drug-likeness (QED) is 0.340. The lowest BCUT2D eigenvalue weighted by Gasteiger charge is -2.25. The molecule has 1 aromatic heterocycles. The molecular weight excluding hydrogens is 440 g/mol. The highest BCUT2D eigenvalue weighted by atomic mass is 35.5. The monoisotopic (exact) mass is 470 g/mol. The summed E-state index contributed by atoms with van der Waals surface area (Å²) in [5.41, 5.74) is 7.58. The number of thioether (sulfide) groups is 1. The van der Waals surface area contributed by atoms with E-state index in [1.807, 2.05) is 30.5 Å². The second kappa shape index (κ2) is 12.6. The van der Waals surface area contributed by atoms with E-state index in [-0.39, 0.29) is 24.7 Å². The predicted molar refractivity (Wildman–Crippen MR) is 127 cm³/mol. The van der Waals surface area contributed by atoms with Gasteiger partial charge in [-0.2, -0.15) is 11.8 Å². The largest absolute Gasteiger partial charge is 0.480 e. The molecule has 0 aliphatic carbocycles. The van der Waals surface area contributed by atoms with Crippen molar-refractivity contribution in [1.82, 2.24) is 15.6 Å². The number of aromatic amines is 1. The zero-order valence-electron chi connectivity index (χ0n) is 17.9. The van der Waals surface area contributed by atoms with Gasteiger partial charge in [0.1, 0.15) is 12.1 Å². The molecule has 2 rings (SSSR count). The number of rotatable bonds is 11. The number of amides is 2. The molecule has 2 aromatic rings. The van der Waals surface area contributed by atoms with E-state index in [1.54, 1.807) is 31.8 Å². The van der Waals surface area contributed by atoms with Gasteiger partial charge in [0.05, 0.1) is 6.04 Å². The number of carbonyl (C=O) groups is 3. The molecule has 0 unspecified atom stereocenters. The molecule has 0 bridgehead atoms. The molecule has 0 spiro atoms. The number of aromatic nitrogens is 1. The number of carboxylic acids is 1. The first-order chi connectivity index (χ1) is 14.2. The first kappa shape index (κ1) is 26.8. The standard InChI is InChI=1S/C21H30N4O4S.ClH/c1-12(2)18(25-19(26)15(22)8-9-30-3)20(27)24-17(21(28)29)10-13-11-23-16-7-5-4-6-14(13)16;/h4-7,11-12,15,17-18,23H,8-10,22H2,1-3H3,(H,24,27)(H,25,26)(H,28,29);1H/t15-,17-,18-;/m0./s1. The summed E-state index contributed by atoms with van der Waals surface area (Å²) in [7, 11) is 0. The zero-order valence-corrected chi connectivity index (χ0v) is 19.5. The second-order valence-corrected chi connectivity index (χ2v) is 8.57. The van der Waals surface area contributed by atoms with E-state index >= 15 is 0 Å². The van der Waals surface area contributed by atoms with Crippen LogP contribution in [0.5, 0.6) is 0 Å². The summed E-state index contributed by atoms with van der Waals surface area (Å²) in [5, 5.41) is 15.8. The molecule has 31 heavy (non-hydrogen) atoms. The van der Waals surface area contributed by atoms with Crippen molar-refractivity contribution in [1.29, 1.82) is 0 Å². The fourth-order valence-electron chi connectivity index (χ4n) is 3.15. The number of carbonyl (C=O) groups excluding carboxylic acids is 2. The van der Waals surface area contributed by atoms with Crippen LogP contribution in [0.15, 0.2) is 30.5 Å². The van der Waals surface area contributed by atoms with Gasteiger partial charge in [-0.15, -0.1) is 12.4 Å². The van der Waals surface area contributed by atoms with Crippen LogP contribution in [0.3, 0.4) is 0 Å². The van der Waals surface area contributed by atoms with Crippen molar-refractivity contribution in [2.24, 2.45) is 11.7 Å². The Morgan fingerprint density at radius 2 is 1.84 bits per heavy atom. The highest BCUT2D eigenvalue weighted by molar-refractivity contribution is 7.98. The van der Waals surface area contributed by atoms with Crippen LogP contribution in [-0.2, 0) is 20.8 Å². The molecule has 3 atom stereocenters. The first-order valence-electron chi connectivity index (χ1n) is 9.87. The van der Waals surface area contributed by atoms with Gasteiger partial charge in [0.25, 0.3) is 0 Å². The average Bonchev–Trinajstić information content (AvgIpc) is 3.11. The predicted octanol–water partition coefficient (Wildman–Crippen LogP) is 1.92. The molecule has 0 saturated heterocycles. The minimum absolute atomic E-state index is 0. The molecular formula is C21H31ClN4O4S. The Morgan fingerprint density at radius 3 is 2.45 bits per heavy atom. The van der Waals surface area contributed by atoms with Crippen molar-refractivity contribution in [3.8, 4) is 0 Å². The number of carboxylic acid groups (broad SMARTS) is 1. The van der Waals surface area contributed by atoms with Crippen molar-refractivity contribution < 1.29 is 19.5 Å². The number of benzene rings is 1. The Morgan fingerprint density at radius 1 is 1.16 bits per heavy atom. The maximum Gasteiger partial charge on any atom is 0.326 e. The first-order valence-corrected chi connectivity index (χ1v) is 11.3. The summed E-state index contributed by atoms with van der Waals surface area (Å²) in [6.45, 7) is 3.57. The van der Waals surface area contributed by atoms with Crippen LogP contribution in [0.25, 0.3) is 10.9 Å². The molecule has 1 aromatic carbocycles. The lowest BCUT2D eigenvalue weighted by molar-refractivity contribution is -0.142. The lowest BCUT2D eigenvalue weighted by Crippen LogP contribution is -2.56. The number of H-pyrrole nitrogens is 1. The van der Waals surface area contributed by atoms with Crippen LogP contribution in [0.4, 0.5) is 0 Å². The molecule has 2 amide bonds. The summed E-state index contributed by atoms with van der Waals surface area (Å²) in [6, 6.07) is 4.85. The number of hydrogen-bond donors (Lipinski definition) is 5. The van der Waals surface area contributed by atoms with E-state index in [4.69, 9.17) is 5.73 Å². The van der Waals surface area contributed by atoms with Crippen LogP contribution in [0.1, 0.15) is 25.8 Å². The number of aliphatic carboxylic acids is 1. The van der Waals surface area contributed by atoms with Gasteiger partial charge in [-0.25, -0.2) is 4.79 Å². The molecule has 172 valence electrons. The molecule has 10 heteroatoms. The van der Waals surface area contributed by atoms with E-state index < -0.39 is 35.9 Å². The van der Waals surface area contributed by atoms with Crippen molar-refractivity contribution in [2.75, 3.05) is 12.0 Å². The summed E-state index contributed by atoms with van der Waals surface area (Å²) >= 11 is 1.59. The van der Waals surface area contributed by atoms with Crippen molar-refractivity contribution >= 4 is 52.9 Å². The van der Waals surface area contributed by atoms with Crippen molar-refractivity contribution in [3.63, 3.8) is 0 Å². The Labute approximate surface area is 192 Å². The van der Waals surface area contributed by atoms with Gasteiger partial charge < -0.3 is 26.5 Å². The van der Waals surface area contributed by atoms with Gasteiger partial charge in [0.2, 0.25) is 11.8 Å². The average molecular weight is 471 g/mol. The molecule has 0 fully saturated rings. The van der Waals surface area contributed by atoms with Crippen LogP contribution in [0, 0.1) is 5.92 Å². The Balaban J connectivity index is 0.00000480. The molecule has 6 N–H and O–H groups in total. The molecule has 0 radical (unpaired) electrons. The number of nitrogens with two attached hydrogens (primary N) is 1. The highest BCUT2D eigenvalue weighted by Crippen LogP contribution is 2.19. The summed E-state index contributed by atoms with van der Waals surface area (Å²) in [4.78, 5) is 40.1. The van der Waals surface area contributed by atoms with E-state index in [0.717, 1.165) is 22.2 Å². The SMILES string of the molecule is CSCC[C@H](N)C(=O)N[C@H](C(=O)N[C@@H](Cc1c[nH]c2ccccc12)C(=O)O)C(C)C.Cl. The van der Waals surface area contributed by atoms with Crippen molar-refractivity contribution in [3.05, 3.63) is 36.0 Å². The third kappa shape index (κ3) is 7.45. The molecule has 8 nitrogen and oxygen atoms in total. The van der Waals surface area contributed by atoms with Gasteiger partial charge in [0, 0.05) is 23.5 Å². The van der Waals surface area contributed by atoms with Gasteiger partial charge >= 0.3 is 5.97 Å². The third-order valence-electron chi connectivity index (χ3n) is 4.93. The zero-order chi connectivity index (χ0) is 22.3. The van der Waals surface area contributed by atoms with E-state index in [2.05, 4.69) is 15.6 Å². The molecule has 0 aliphatic heterocycles. The number of nitrogens with one attached hydrogen (secondary N) is 3. The number of fused-ring (bicyclic) bond motifs is 1. The van der Waals surface area contributed by atoms with Gasteiger partial charge in [-0.3, -0.25) is 9.59 Å². The third-order valence-corrected chi connectivity index (χ3v) is 5.57. The summed E-state index contributed by atoms with van der Waals surface area (Å²) in [5.74, 6) is -1.59. The molecule has 0 aliphatic rings. The van der Waals surface area contributed by atoms with E-state index in [9.17, 15) is 19.5 Å².